The van der Waals surface area contributed by atoms with Gasteiger partial charge in [-0.3, -0.25) is 4.79 Å². The lowest BCUT2D eigenvalue weighted by atomic mass is 9.98. The Morgan fingerprint density at radius 1 is 1.11 bits per heavy atom. The summed E-state index contributed by atoms with van der Waals surface area (Å²) in [6, 6.07) is 16.1. The number of carbonyl (C=O) groups excluding carboxylic acids is 1. The van der Waals surface area contributed by atoms with Gasteiger partial charge < -0.3 is 10.6 Å². The first-order valence-electron chi connectivity index (χ1n) is 9.60. The van der Waals surface area contributed by atoms with Gasteiger partial charge in [0.2, 0.25) is 15.9 Å². The number of nitrogens with one attached hydrogen (secondary N) is 1. The van der Waals surface area contributed by atoms with E-state index in [1.165, 1.54) is 29.8 Å². The van der Waals surface area contributed by atoms with Crippen LogP contribution in [0, 0.1) is 5.92 Å². The molecule has 0 aromatic heterocycles. The molecule has 1 atom stereocenters. The van der Waals surface area contributed by atoms with Gasteiger partial charge in [0, 0.05) is 25.2 Å². The molecule has 0 bridgehead atoms. The van der Waals surface area contributed by atoms with E-state index >= 15 is 0 Å². The van der Waals surface area contributed by atoms with Gasteiger partial charge in [0.15, 0.2) is 0 Å². The van der Waals surface area contributed by atoms with Crippen molar-refractivity contribution in [3.05, 3.63) is 65.7 Å². The van der Waals surface area contributed by atoms with Crippen molar-refractivity contribution in [3.8, 4) is 0 Å². The van der Waals surface area contributed by atoms with E-state index in [1.807, 2.05) is 6.07 Å². The van der Waals surface area contributed by atoms with Crippen LogP contribution in [-0.2, 0) is 16.4 Å². The average molecular weight is 402 g/mol. The van der Waals surface area contributed by atoms with Crippen LogP contribution in [0.15, 0.2) is 59.5 Å². The molecule has 28 heavy (non-hydrogen) atoms. The largest absolute Gasteiger partial charge is 0.366 e. The summed E-state index contributed by atoms with van der Waals surface area (Å²) in [5, 5.41) is 0. The number of hydrogen-bond acceptors (Lipinski definition) is 4. The molecule has 1 saturated heterocycles. The predicted molar refractivity (Wildman–Crippen MR) is 109 cm³/mol. The highest BCUT2D eigenvalue weighted by Crippen LogP contribution is 2.18. The number of benzene rings is 2. The second-order valence-electron chi connectivity index (χ2n) is 7.28. The Kier molecular flexibility index (Phi) is 6.83. The van der Waals surface area contributed by atoms with E-state index in [0.29, 0.717) is 18.0 Å². The highest BCUT2D eigenvalue weighted by Gasteiger charge is 2.22. The van der Waals surface area contributed by atoms with Crippen LogP contribution in [0.2, 0.25) is 0 Å². The monoisotopic (exact) mass is 401 g/mol. The van der Waals surface area contributed by atoms with Crippen molar-refractivity contribution in [2.24, 2.45) is 11.7 Å². The van der Waals surface area contributed by atoms with E-state index in [4.69, 9.17) is 5.73 Å². The van der Waals surface area contributed by atoms with Crippen LogP contribution in [-0.4, -0.2) is 45.4 Å². The molecule has 0 saturated carbocycles. The lowest BCUT2D eigenvalue weighted by molar-refractivity contribution is 0.1000. The SMILES string of the molecule is NC(=O)c1ccc(S(=O)(=O)NC[C@H]2CCCN(CCc3ccccc3)C2)cc1. The Hall–Kier alpha value is -2.22. The third-order valence-corrected chi connectivity index (χ3v) is 6.61. The number of rotatable bonds is 8. The maximum atomic E-state index is 12.5. The van der Waals surface area contributed by atoms with Crippen molar-refractivity contribution in [1.82, 2.24) is 9.62 Å². The van der Waals surface area contributed by atoms with Crippen molar-refractivity contribution in [1.29, 1.82) is 0 Å². The van der Waals surface area contributed by atoms with E-state index in [-0.39, 0.29) is 4.90 Å². The number of nitrogens with two attached hydrogens (primary N) is 1. The topological polar surface area (TPSA) is 92.5 Å². The van der Waals surface area contributed by atoms with Crippen LogP contribution in [0.4, 0.5) is 0 Å². The zero-order valence-corrected chi connectivity index (χ0v) is 16.7. The smallest absolute Gasteiger partial charge is 0.248 e. The quantitative estimate of drug-likeness (QED) is 0.708. The molecule has 0 spiro atoms. The molecule has 2 aromatic carbocycles. The summed E-state index contributed by atoms with van der Waals surface area (Å²) in [4.78, 5) is 13.7. The van der Waals surface area contributed by atoms with Crippen molar-refractivity contribution in [2.45, 2.75) is 24.2 Å². The summed E-state index contributed by atoms with van der Waals surface area (Å²) < 4.78 is 27.7. The van der Waals surface area contributed by atoms with Crippen LogP contribution in [0.3, 0.4) is 0 Å². The summed E-state index contributed by atoms with van der Waals surface area (Å²) in [6.07, 6.45) is 3.10. The predicted octanol–water partition coefficient (Wildman–Crippen LogP) is 2.02. The molecule has 1 aliphatic rings. The number of nitrogens with zero attached hydrogens (tertiary/aromatic N) is 1. The van der Waals surface area contributed by atoms with Crippen molar-refractivity contribution in [2.75, 3.05) is 26.2 Å². The van der Waals surface area contributed by atoms with Gasteiger partial charge in [0.1, 0.15) is 0 Å². The van der Waals surface area contributed by atoms with Gasteiger partial charge in [-0.25, -0.2) is 13.1 Å². The highest BCUT2D eigenvalue weighted by atomic mass is 32.2. The molecule has 0 aliphatic carbocycles. The Balaban J connectivity index is 1.51. The van der Waals surface area contributed by atoms with E-state index in [2.05, 4.69) is 33.9 Å². The summed E-state index contributed by atoms with van der Waals surface area (Å²) >= 11 is 0. The molecule has 1 heterocycles. The molecule has 1 amide bonds. The van der Waals surface area contributed by atoms with Crippen LogP contribution in [0.5, 0.6) is 0 Å². The Labute approximate surface area is 166 Å². The third-order valence-electron chi connectivity index (χ3n) is 5.17. The van der Waals surface area contributed by atoms with Gasteiger partial charge in [-0.1, -0.05) is 30.3 Å². The molecule has 150 valence electrons. The molecule has 0 radical (unpaired) electrons. The average Bonchev–Trinajstić information content (AvgIpc) is 2.72. The van der Waals surface area contributed by atoms with Gasteiger partial charge in [-0.05, 0) is 61.6 Å². The lowest BCUT2D eigenvalue weighted by Crippen LogP contribution is -2.41. The lowest BCUT2D eigenvalue weighted by Gasteiger charge is -2.32. The van der Waals surface area contributed by atoms with Gasteiger partial charge in [-0.15, -0.1) is 0 Å². The maximum Gasteiger partial charge on any atom is 0.248 e. The fraction of sp³-hybridized carbons (Fsp3) is 0.381. The first kappa shape index (κ1) is 20.5. The van der Waals surface area contributed by atoms with Crippen molar-refractivity contribution >= 4 is 15.9 Å². The van der Waals surface area contributed by atoms with Gasteiger partial charge >= 0.3 is 0 Å². The number of piperidine rings is 1. The minimum absolute atomic E-state index is 0.147. The Bertz CT molecular complexity index is 883. The number of carbonyl (C=O) groups is 1. The second-order valence-corrected chi connectivity index (χ2v) is 9.05. The zero-order valence-electron chi connectivity index (χ0n) is 15.9. The standard InChI is InChI=1S/C21H27N3O3S/c22-21(25)19-8-10-20(11-9-19)28(26,27)23-15-18-7-4-13-24(16-18)14-12-17-5-2-1-3-6-17/h1-3,5-6,8-11,18,23H,4,7,12-16H2,(H2,22,25)/t18-/m1/s1. The summed E-state index contributed by atoms with van der Waals surface area (Å²) in [5.74, 6) is -0.279. The molecule has 1 fully saturated rings. The third kappa shape index (κ3) is 5.64. The Morgan fingerprint density at radius 2 is 1.82 bits per heavy atom. The Morgan fingerprint density at radius 3 is 2.50 bits per heavy atom. The second kappa shape index (κ2) is 9.32. The maximum absolute atomic E-state index is 12.5. The first-order valence-corrected chi connectivity index (χ1v) is 11.1. The van der Waals surface area contributed by atoms with Crippen LogP contribution < -0.4 is 10.5 Å². The van der Waals surface area contributed by atoms with Crippen LogP contribution in [0.1, 0.15) is 28.8 Å². The number of hydrogen-bond donors (Lipinski definition) is 2. The first-order chi connectivity index (χ1) is 13.4. The molecule has 3 rings (SSSR count). The van der Waals surface area contributed by atoms with E-state index < -0.39 is 15.9 Å². The fourth-order valence-electron chi connectivity index (χ4n) is 3.56. The van der Waals surface area contributed by atoms with Gasteiger partial charge in [-0.2, -0.15) is 0 Å². The number of likely N-dealkylation sites (tertiary alicyclic amines) is 1. The molecule has 0 unspecified atom stereocenters. The number of primary amides is 1. The van der Waals surface area contributed by atoms with Crippen LogP contribution >= 0.6 is 0 Å². The molecule has 1 aliphatic heterocycles. The van der Waals surface area contributed by atoms with Gasteiger partial charge in [0.05, 0.1) is 4.90 Å². The zero-order chi connectivity index (χ0) is 20.0. The minimum Gasteiger partial charge on any atom is -0.366 e. The van der Waals surface area contributed by atoms with E-state index in [1.54, 1.807) is 0 Å². The summed E-state index contributed by atoms with van der Waals surface area (Å²) in [7, 11) is -3.60. The molecule has 3 N–H and O–H groups in total. The van der Waals surface area contributed by atoms with E-state index in [0.717, 1.165) is 38.9 Å². The molecular formula is C21H27N3O3S. The molecule has 2 aromatic rings. The van der Waals surface area contributed by atoms with E-state index in [9.17, 15) is 13.2 Å². The van der Waals surface area contributed by atoms with Crippen molar-refractivity contribution < 1.29 is 13.2 Å². The van der Waals surface area contributed by atoms with Crippen molar-refractivity contribution in [3.63, 3.8) is 0 Å². The summed E-state index contributed by atoms with van der Waals surface area (Å²) in [6.45, 7) is 3.37. The molecular weight excluding hydrogens is 374 g/mol. The molecule has 7 heteroatoms. The number of sulfonamides is 1. The summed E-state index contributed by atoms with van der Waals surface area (Å²) in [5.41, 5.74) is 6.81. The normalized spacial score (nSPS) is 18.1. The fourth-order valence-corrected chi connectivity index (χ4v) is 4.68. The van der Waals surface area contributed by atoms with Crippen LogP contribution in [0.25, 0.3) is 0 Å². The highest BCUT2D eigenvalue weighted by molar-refractivity contribution is 7.89. The molecule has 6 nitrogen and oxygen atoms in total. The number of amides is 1. The van der Waals surface area contributed by atoms with Gasteiger partial charge in [0.25, 0.3) is 0 Å². The minimum atomic E-state index is -3.60.